The molecule has 43 heavy (non-hydrogen) atoms. The van der Waals surface area contributed by atoms with E-state index in [0.717, 1.165) is 33.2 Å². The number of amides is 1. The SMILES string of the molecule is Nc1cnc2ccccc2n1.O=C(/C=C/c1ccccc1)Nc1cnc2ccccc2n1.O=C(Cl)/C=C/c1ccccc1. The lowest BCUT2D eigenvalue weighted by Gasteiger charge is -2.02. The van der Waals surface area contributed by atoms with E-state index in [-0.39, 0.29) is 5.91 Å². The first-order valence-electron chi connectivity index (χ1n) is 13.1. The molecule has 6 aromatic rings. The standard InChI is InChI=1S/C17H13N3O.C9H7ClO.C8H7N3/c21-17(11-10-13-6-2-1-3-7-13)20-16-12-18-14-8-4-5-9-15(14)19-16;10-9(11)7-6-8-4-2-1-3-5-8;9-8-5-10-6-3-1-2-4-7(6)11-8/h1-12H,(H,19,20,21);1-7H;1-5H,(H2,9,11)/b11-10+;7-6+;. The van der Waals surface area contributed by atoms with Crippen molar-refractivity contribution in [3.63, 3.8) is 0 Å². The van der Waals surface area contributed by atoms with Crippen LogP contribution in [0.4, 0.5) is 11.6 Å². The summed E-state index contributed by atoms with van der Waals surface area (Å²) in [5.41, 5.74) is 10.7. The van der Waals surface area contributed by atoms with Crippen molar-refractivity contribution in [1.29, 1.82) is 0 Å². The van der Waals surface area contributed by atoms with Crippen molar-refractivity contribution in [2.45, 2.75) is 0 Å². The molecular weight excluding hydrogens is 560 g/mol. The van der Waals surface area contributed by atoms with E-state index < -0.39 is 5.24 Å². The number of hydrogen-bond acceptors (Lipinski definition) is 7. The normalized spacial score (nSPS) is 10.5. The molecule has 0 aliphatic heterocycles. The van der Waals surface area contributed by atoms with Crippen molar-refractivity contribution in [3.8, 4) is 0 Å². The van der Waals surface area contributed by atoms with Crippen molar-refractivity contribution in [2.75, 3.05) is 11.1 Å². The second-order valence-electron chi connectivity index (χ2n) is 8.81. The second-order valence-corrected chi connectivity index (χ2v) is 9.18. The maximum absolute atomic E-state index is 11.9. The Morgan fingerprint density at radius 1 is 0.605 bits per heavy atom. The summed E-state index contributed by atoms with van der Waals surface area (Å²) < 4.78 is 0. The number of carbonyl (C=O) groups is 2. The summed E-state index contributed by atoms with van der Waals surface area (Å²) in [5.74, 6) is 0.670. The van der Waals surface area contributed by atoms with Crippen molar-refractivity contribution >= 4 is 68.6 Å². The minimum Gasteiger partial charge on any atom is -0.382 e. The number of nitrogens with two attached hydrogens (primary N) is 1. The van der Waals surface area contributed by atoms with Crippen LogP contribution in [0.25, 0.3) is 34.2 Å². The first-order valence-corrected chi connectivity index (χ1v) is 13.5. The summed E-state index contributed by atoms with van der Waals surface area (Å²) in [7, 11) is 0. The lowest BCUT2D eigenvalue weighted by molar-refractivity contribution is -0.112. The number of rotatable bonds is 5. The molecule has 0 fully saturated rings. The van der Waals surface area contributed by atoms with Crippen LogP contribution in [0, 0.1) is 0 Å². The Morgan fingerprint density at radius 2 is 1.07 bits per heavy atom. The van der Waals surface area contributed by atoms with Gasteiger partial charge in [-0.25, -0.2) is 9.97 Å². The highest BCUT2D eigenvalue weighted by Crippen LogP contribution is 2.12. The number of allylic oxidation sites excluding steroid dienone is 1. The lowest BCUT2D eigenvalue weighted by atomic mass is 10.2. The third kappa shape index (κ3) is 10.3. The zero-order chi connectivity index (χ0) is 30.3. The molecule has 8 nitrogen and oxygen atoms in total. The average molecular weight is 587 g/mol. The fourth-order valence-corrected chi connectivity index (χ4v) is 3.68. The molecule has 9 heteroatoms. The summed E-state index contributed by atoms with van der Waals surface area (Å²) >= 11 is 5.10. The van der Waals surface area contributed by atoms with Crippen LogP contribution < -0.4 is 11.1 Å². The maximum Gasteiger partial charge on any atom is 0.249 e. The minimum absolute atomic E-state index is 0.233. The highest BCUT2D eigenvalue weighted by atomic mass is 35.5. The summed E-state index contributed by atoms with van der Waals surface area (Å²) in [4.78, 5) is 38.9. The van der Waals surface area contributed by atoms with E-state index in [0.29, 0.717) is 11.6 Å². The highest BCUT2D eigenvalue weighted by Gasteiger charge is 2.02. The number of para-hydroxylation sites is 4. The molecule has 0 saturated carbocycles. The van der Waals surface area contributed by atoms with E-state index in [9.17, 15) is 9.59 Å². The molecule has 0 saturated heterocycles. The van der Waals surface area contributed by atoms with Crippen molar-refractivity contribution < 1.29 is 9.59 Å². The van der Waals surface area contributed by atoms with Crippen LogP contribution in [0.5, 0.6) is 0 Å². The molecule has 0 bridgehead atoms. The van der Waals surface area contributed by atoms with Gasteiger partial charge in [0.2, 0.25) is 11.1 Å². The predicted octanol–water partition coefficient (Wildman–Crippen LogP) is 6.96. The van der Waals surface area contributed by atoms with Gasteiger partial charge in [-0.1, -0.05) is 91.0 Å². The molecule has 0 aliphatic rings. The molecule has 1 amide bonds. The predicted molar refractivity (Wildman–Crippen MR) is 174 cm³/mol. The van der Waals surface area contributed by atoms with Gasteiger partial charge in [-0.3, -0.25) is 19.6 Å². The average Bonchev–Trinajstić information content (AvgIpc) is 3.04. The number of fused-ring (bicyclic) bond motifs is 2. The number of nitrogens with zero attached hydrogens (tertiary/aromatic N) is 4. The quantitative estimate of drug-likeness (QED) is 0.165. The van der Waals surface area contributed by atoms with Crippen LogP contribution >= 0.6 is 11.6 Å². The molecule has 2 heterocycles. The molecule has 0 unspecified atom stereocenters. The summed E-state index contributed by atoms with van der Waals surface area (Å²) in [6.07, 6.45) is 9.35. The van der Waals surface area contributed by atoms with E-state index in [1.807, 2.05) is 109 Å². The Morgan fingerprint density at radius 3 is 1.63 bits per heavy atom. The number of hydrogen-bond donors (Lipinski definition) is 2. The van der Waals surface area contributed by atoms with Crippen LogP contribution in [0.1, 0.15) is 11.1 Å². The molecule has 2 aromatic heterocycles. The molecule has 212 valence electrons. The van der Waals surface area contributed by atoms with Gasteiger partial charge >= 0.3 is 0 Å². The van der Waals surface area contributed by atoms with Crippen molar-refractivity contribution in [1.82, 2.24) is 19.9 Å². The van der Waals surface area contributed by atoms with Gasteiger partial charge in [0.25, 0.3) is 0 Å². The van der Waals surface area contributed by atoms with Gasteiger partial charge in [-0.15, -0.1) is 0 Å². The number of halogens is 1. The monoisotopic (exact) mass is 586 g/mol. The Kier molecular flexibility index (Phi) is 11.2. The first kappa shape index (κ1) is 30.2. The van der Waals surface area contributed by atoms with E-state index in [1.165, 1.54) is 12.2 Å². The summed E-state index contributed by atoms with van der Waals surface area (Å²) in [6, 6.07) is 34.3. The molecule has 0 radical (unpaired) electrons. The number of nitrogen functional groups attached to an aromatic ring is 1. The van der Waals surface area contributed by atoms with Gasteiger partial charge < -0.3 is 11.1 Å². The number of aromatic nitrogens is 4. The van der Waals surface area contributed by atoms with Crippen LogP contribution in [0.3, 0.4) is 0 Å². The Balaban J connectivity index is 0.000000162. The Bertz CT molecular complexity index is 1860. The topological polar surface area (TPSA) is 124 Å². The fourth-order valence-electron chi connectivity index (χ4n) is 3.62. The van der Waals surface area contributed by atoms with Crippen LogP contribution in [-0.2, 0) is 9.59 Å². The number of anilines is 2. The Labute approximate surface area is 253 Å². The van der Waals surface area contributed by atoms with E-state index in [4.69, 9.17) is 17.3 Å². The van der Waals surface area contributed by atoms with Gasteiger partial charge in [0, 0.05) is 6.08 Å². The highest BCUT2D eigenvalue weighted by molar-refractivity contribution is 6.66. The van der Waals surface area contributed by atoms with Crippen LogP contribution in [0.2, 0.25) is 0 Å². The zero-order valence-electron chi connectivity index (χ0n) is 22.9. The summed E-state index contributed by atoms with van der Waals surface area (Å²) in [5, 5.41) is 2.25. The van der Waals surface area contributed by atoms with Gasteiger partial charge in [0.1, 0.15) is 5.82 Å². The molecule has 6 rings (SSSR count). The number of nitrogens with one attached hydrogen (secondary N) is 1. The summed E-state index contributed by atoms with van der Waals surface area (Å²) in [6.45, 7) is 0. The third-order valence-corrected chi connectivity index (χ3v) is 5.73. The van der Waals surface area contributed by atoms with Crippen LogP contribution in [0.15, 0.2) is 134 Å². The smallest absolute Gasteiger partial charge is 0.249 e. The van der Waals surface area contributed by atoms with Gasteiger partial charge in [0.15, 0.2) is 5.82 Å². The lowest BCUT2D eigenvalue weighted by Crippen LogP contribution is -2.09. The molecule has 0 spiro atoms. The van der Waals surface area contributed by atoms with Crippen LogP contribution in [-0.4, -0.2) is 31.1 Å². The second kappa shape index (κ2) is 15.9. The van der Waals surface area contributed by atoms with Gasteiger partial charge in [-0.2, -0.15) is 0 Å². The molecule has 0 aliphatic carbocycles. The van der Waals surface area contributed by atoms with E-state index in [2.05, 4.69) is 25.3 Å². The number of carbonyl (C=O) groups excluding carboxylic acids is 2. The fraction of sp³-hybridized carbons (Fsp3) is 0. The molecule has 4 aromatic carbocycles. The first-order chi connectivity index (χ1) is 21.0. The maximum atomic E-state index is 11.9. The van der Waals surface area contributed by atoms with Crippen molar-refractivity contribution in [3.05, 3.63) is 145 Å². The molecular formula is C34H27ClN6O2. The minimum atomic E-state index is -0.450. The zero-order valence-corrected chi connectivity index (χ0v) is 23.7. The largest absolute Gasteiger partial charge is 0.382 e. The van der Waals surface area contributed by atoms with Gasteiger partial charge in [0.05, 0.1) is 34.5 Å². The van der Waals surface area contributed by atoms with E-state index >= 15 is 0 Å². The third-order valence-electron chi connectivity index (χ3n) is 5.60. The Hall–Kier alpha value is -5.73. The van der Waals surface area contributed by atoms with Gasteiger partial charge in [-0.05, 0) is 59.1 Å². The van der Waals surface area contributed by atoms with E-state index in [1.54, 1.807) is 24.5 Å². The van der Waals surface area contributed by atoms with Crippen molar-refractivity contribution in [2.24, 2.45) is 0 Å². The molecule has 0 atom stereocenters. The number of benzene rings is 4. The molecule has 3 N–H and O–H groups in total.